The van der Waals surface area contributed by atoms with Crippen molar-refractivity contribution >= 4 is 5.97 Å². The number of methoxy groups -OCH3 is 1. The molecule has 0 aliphatic heterocycles. The first kappa shape index (κ1) is 9.77. The molecule has 0 aromatic carbocycles. The maximum Gasteiger partial charge on any atom is 0.343 e. The van der Waals surface area contributed by atoms with Crippen molar-refractivity contribution in [2.75, 3.05) is 7.11 Å². The van der Waals surface area contributed by atoms with Gasteiger partial charge in [0.15, 0.2) is 0 Å². The standard InChI is InChI=1S/C9H13NO3/c1-9(2,3)7-6(5-13-10-7)8(11)12-4/h5H,1-4H3. The molecule has 1 rings (SSSR count). The summed E-state index contributed by atoms with van der Waals surface area (Å²) in [5.41, 5.74) is 0.811. The van der Waals surface area contributed by atoms with Crippen molar-refractivity contribution in [3.8, 4) is 0 Å². The van der Waals surface area contributed by atoms with E-state index < -0.39 is 5.97 Å². The van der Waals surface area contributed by atoms with E-state index in [-0.39, 0.29) is 5.41 Å². The summed E-state index contributed by atoms with van der Waals surface area (Å²) in [5, 5.41) is 3.78. The largest absolute Gasteiger partial charge is 0.465 e. The molecule has 1 aromatic heterocycles. The molecular formula is C9H13NO3. The fourth-order valence-corrected chi connectivity index (χ4v) is 1.03. The highest BCUT2D eigenvalue weighted by Crippen LogP contribution is 2.24. The maximum absolute atomic E-state index is 11.2. The Kier molecular flexibility index (Phi) is 2.40. The van der Waals surface area contributed by atoms with Gasteiger partial charge in [0.25, 0.3) is 0 Å². The SMILES string of the molecule is COC(=O)c1conc1C(C)(C)C. The average molecular weight is 183 g/mol. The van der Waals surface area contributed by atoms with Crippen molar-refractivity contribution in [1.82, 2.24) is 5.16 Å². The van der Waals surface area contributed by atoms with E-state index in [9.17, 15) is 4.79 Å². The second kappa shape index (κ2) is 3.20. The lowest BCUT2D eigenvalue weighted by molar-refractivity contribution is 0.0597. The quantitative estimate of drug-likeness (QED) is 0.622. The molecule has 0 amide bonds. The van der Waals surface area contributed by atoms with Gasteiger partial charge in [-0.2, -0.15) is 0 Å². The highest BCUT2D eigenvalue weighted by molar-refractivity contribution is 5.90. The minimum absolute atomic E-state index is 0.212. The number of hydrogen-bond donors (Lipinski definition) is 0. The van der Waals surface area contributed by atoms with E-state index in [1.807, 2.05) is 20.8 Å². The molecule has 72 valence electrons. The van der Waals surface area contributed by atoms with Crippen LogP contribution in [0.3, 0.4) is 0 Å². The highest BCUT2D eigenvalue weighted by atomic mass is 16.5. The molecule has 0 N–H and O–H groups in total. The molecule has 0 unspecified atom stereocenters. The third-order valence-electron chi connectivity index (χ3n) is 1.69. The van der Waals surface area contributed by atoms with Crippen molar-refractivity contribution in [2.45, 2.75) is 26.2 Å². The summed E-state index contributed by atoms with van der Waals surface area (Å²) in [4.78, 5) is 11.2. The van der Waals surface area contributed by atoms with Gasteiger partial charge in [-0.15, -0.1) is 0 Å². The Morgan fingerprint density at radius 1 is 1.54 bits per heavy atom. The van der Waals surface area contributed by atoms with Gasteiger partial charge < -0.3 is 9.26 Å². The third-order valence-corrected chi connectivity index (χ3v) is 1.69. The Labute approximate surface area is 76.9 Å². The van der Waals surface area contributed by atoms with Crippen LogP contribution in [-0.2, 0) is 10.2 Å². The zero-order valence-electron chi connectivity index (χ0n) is 8.25. The fourth-order valence-electron chi connectivity index (χ4n) is 1.03. The third kappa shape index (κ3) is 1.88. The van der Waals surface area contributed by atoms with Crippen molar-refractivity contribution in [2.24, 2.45) is 0 Å². The molecule has 0 bridgehead atoms. The van der Waals surface area contributed by atoms with Gasteiger partial charge >= 0.3 is 5.97 Å². The van der Waals surface area contributed by atoms with Crippen LogP contribution in [0.25, 0.3) is 0 Å². The van der Waals surface area contributed by atoms with Gasteiger partial charge in [-0.3, -0.25) is 0 Å². The van der Waals surface area contributed by atoms with Crippen molar-refractivity contribution < 1.29 is 14.1 Å². The van der Waals surface area contributed by atoms with E-state index in [1.165, 1.54) is 13.4 Å². The molecule has 13 heavy (non-hydrogen) atoms. The average Bonchev–Trinajstić information content (AvgIpc) is 2.49. The molecule has 4 nitrogen and oxygen atoms in total. The number of esters is 1. The second-order valence-electron chi connectivity index (χ2n) is 3.82. The zero-order valence-corrected chi connectivity index (χ0v) is 8.25. The maximum atomic E-state index is 11.2. The molecule has 4 heteroatoms. The first-order valence-corrected chi connectivity index (χ1v) is 4.00. The van der Waals surface area contributed by atoms with Gasteiger partial charge in [0, 0.05) is 5.41 Å². The molecule has 1 heterocycles. The summed E-state index contributed by atoms with van der Waals surface area (Å²) in [7, 11) is 1.34. The van der Waals surface area contributed by atoms with Crippen molar-refractivity contribution in [3.05, 3.63) is 17.5 Å². The van der Waals surface area contributed by atoms with Crippen LogP contribution in [0.5, 0.6) is 0 Å². The Bertz CT molecular complexity index is 309. The lowest BCUT2D eigenvalue weighted by atomic mass is 9.90. The molecule has 0 aliphatic carbocycles. The molecule has 1 aromatic rings. The van der Waals surface area contributed by atoms with Crippen LogP contribution in [0, 0.1) is 0 Å². The van der Waals surface area contributed by atoms with Crippen LogP contribution >= 0.6 is 0 Å². The lowest BCUT2D eigenvalue weighted by Gasteiger charge is -2.15. The van der Waals surface area contributed by atoms with E-state index in [0.29, 0.717) is 11.3 Å². The lowest BCUT2D eigenvalue weighted by Crippen LogP contribution is -2.17. The number of hydrogen-bond acceptors (Lipinski definition) is 4. The summed E-state index contributed by atoms with van der Waals surface area (Å²) in [5.74, 6) is -0.411. The van der Waals surface area contributed by atoms with Crippen molar-refractivity contribution in [3.63, 3.8) is 0 Å². The molecule has 0 aliphatic rings. The Morgan fingerprint density at radius 3 is 2.62 bits per heavy atom. The van der Waals surface area contributed by atoms with E-state index in [4.69, 9.17) is 4.52 Å². The van der Waals surface area contributed by atoms with E-state index in [0.717, 1.165) is 0 Å². The molecule has 0 radical (unpaired) electrons. The number of ether oxygens (including phenoxy) is 1. The highest BCUT2D eigenvalue weighted by Gasteiger charge is 2.26. The van der Waals surface area contributed by atoms with E-state index in [1.54, 1.807) is 0 Å². The first-order chi connectivity index (χ1) is 5.96. The Morgan fingerprint density at radius 2 is 2.15 bits per heavy atom. The topological polar surface area (TPSA) is 52.3 Å². The Hall–Kier alpha value is -1.32. The monoisotopic (exact) mass is 183 g/mol. The second-order valence-corrected chi connectivity index (χ2v) is 3.82. The molecule has 0 saturated carbocycles. The minimum Gasteiger partial charge on any atom is -0.465 e. The van der Waals surface area contributed by atoms with Crippen molar-refractivity contribution in [1.29, 1.82) is 0 Å². The Balaban J connectivity index is 3.10. The summed E-state index contributed by atoms with van der Waals surface area (Å²) in [6, 6.07) is 0. The normalized spacial score (nSPS) is 11.4. The summed E-state index contributed by atoms with van der Waals surface area (Å²) in [6.45, 7) is 5.87. The number of carbonyl (C=O) groups is 1. The van der Waals surface area contributed by atoms with Gasteiger partial charge in [-0.25, -0.2) is 4.79 Å². The van der Waals surface area contributed by atoms with Crippen LogP contribution in [0.2, 0.25) is 0 Å². The number of carbonyl (C=O) groups excluding carboxylic acids is 1. The molecule has 0 fully saturated rings. The van der Waals surface area contributed by atoms with Gasteiger partial charge in [-0.05, 0) is 0 Å². The molecule has 0 saturated heterocycles. The number of rotatable bonds is 1. The number of aromatic nitrogens is 1. The van der Waals surface area contributed by atoms with Gasteiger partial charge in [0.05, 0.1) is 7.11 Å². The van der Waals surface area contributed by atoms with Crippen LogP contribution in [0.15, 0.2) is 10.8 Å². The van der Waals surface area contributed by atoms with Crippen LogP contribution < -0.4 is 0 Å². The van der Waals surface area contributed by atoms with Gasteiger partial charge in [0.2, 0.25) is 0 Å². The predicted octanol–water partition coefficient (Wildman–Crippen LogP) is 1.76. The van der Waals surface area contributed by atoms with Crippen LogP contribution in [-0.4, -0.2) is 18.2 Å². The van der Waals surface area contributed by atoms with Crippen LogP contribution in [0.4, 0.5) is 0 Å². The fraction of sp³-hybridized carbons (Fsp3) is 0.556. The summed E-state index contributed by atoms with van der Waals surface area (Å²) < 4.78 is 9.34. The van der Waals surface area contributed by atoms with Gasteiger partial charge in [-0.1, -0.05) is 25.9 Å². The van der Waals surface area contributed by atoms with E-state index in [2.05, 4.69) is 9.89 Å². The summed E-state index contributed by atoms with van der Waals surface area (Å²) in [6.07, 6.45) is 1.31. The molecular weight excluding hydrogens is 170 g/mol. The van der Waals surface area contributed by atoms with E-state index >= 15 is 0 Å². The first-order valence-electron chi connectivity index (χ1n) is 4.00. The molecule has 0 atom stereocenters. The van der Waals surface area contributed by atoms with Gasteiger partial charge in [0.1, 0.15) is 17.5 Å². The van der Waals surface area contributed by atoms with Crippen LogP contribution in [0.1, 0.15) is 36.8 Å². The molecule has 0 spiro atoms. The summed E-state index contributed by atoms with van der Waals surface area (Å²) >= 11 is 0. The smallest absolute Gasteiger partial charge is 0.343 e. The predicted molar refractivity (Wildman–Crippen MR) is 46.5 cm³/mol. The number of nitrogens with zero attached hydrogens (tertiary/aromatic N) is 1. The minimum atomic E-state index is -0.411. The zero-order chi connectivity index (χ0) is 10.1.